The molecule has 0 amide bonds. The first kappa shape index (κ1) is 17.1. The molecule has 2 atom stereocenters. The lowest BCUT2D eigenvalue weighted by atomic mass is 9.91. The Bertz CT molecular complexity index is 580. The highest BCUT2D eigenvalue weighted by molar-refractivity contribution is 5.54. The summed E-state index contributed by atoms with van der Waals surface area (Å²) in [5.74, 6) is 2.04. The molecule has 2 fully saturated rings. The minimum absolute atomic E-state index is 0.231. The Morgan fingerprint density at radius 3 is 2.40 bits per heavy atom. The molecule has 1 aromatic rings. The van der Waals surface area contributed by atoms with Crippen molar-refractivity contribution in [2.24, 2.45) is 5.73 Å². The Morgan fingerprint density at radius 2 is 1.60 bits per heavy atom. The molecule has 3 aliphatic rings. The number of hydrogen-bond acceptors (Lipinski definition) is 5. The fourth-order valence-electron chi connectivity index (χ4n) is 4.69. The quantitative estimate of drug-likeness (QED) is 0.880. The summed E-state index contributed by atoms with van der Waals surface area (Å²) in [5.41, 5.74) is 9.05. The molecule has 1 aliphatic heterocycles. The minimum Gasteiger partial charge on any atom is -0.356 e. The van der Waals surface area contributed by atoms with Crippen LogP contribution in [0.4, 0.5) is 11.8 Å². The molecule has 4 rings (SSSR count). The molecule has 0 bridgehead atoms. The fourth-order valence-corrected chi connectivity index (χ4v) is 4.69. The summed E-state index contributed by atoms with van der Waals surface area (Å²) in [6, 6.07) is 0.558. The van der Waals surface area contributed by atoms with Crippen LogP contribution >= 0.6 is 0 Å². The Labute approximate surface area is 151 Å². The zero-order valence-corrected chi connectivity index (χ0v) is 15.5. The van der Waals surface area contributed by atoms with E-state index in [4.69, 9.17) is 15.7 Å². The van der Waals surface area contributed by atoms with Crippen molar-refractivity contribution in [1.82, 2.24) is 9.97 Å². The Morgan fingerprint density at radius 1 is 0.840 bits per heavy atom. The molecule has 25 heavy (non-hydrogen) atoms. The van der Waals surface area contributed by atoms with E-state index in [1.807, 2.05) is 0 Å². The standard InChI is InChI=1S/C20H33N5/c21-16-10-4-6-12-18(16)23-20-22-17-11-5-3-9-15(17)19(24-20)25-13-7-1-2-8-14-25/h16,18H,1-14,21H2,(H,22,23,24). The average Bonchev–Trinajstić information content (AvgIpc) is 2.92. The second kappa shape index (κ2) is 7.90. The van der Waals surface area contributed by atoms with E-state index in [0.717, 1.165) is 44.7 Å². The molecule has 1 aromatic heterocycles. The number of aryl methyl sites for hydroxylation is 1. The summed E-state index contributed by atoms with van der Waals surface area (Å²) in [4.78, 5) is 12.5. The third-order valence-electron chi connectivity index (χ3n) is 6.20. The van der Waals surface area contributed by atoms with Crippen LogP contribution in [0.25, 0.3) is 0 Å². The molecule has 0 spiro atoms. The highest BCUT2D eigenvalue weighted by Crippen LogP contribution is 2.31. The number of fused-ring (bicyclic) bond motifs is 1. The summed E-state index contributed by atoms with van der Waals surface area (Å²) < 4.78 is 0. The van der Waals surface area contributed by atoms with Crippen LogP contribution in [0, 0.1) is 0 Å². The van der Waals surface area contributed by atoms with Crippen LogP contribution in [-0.2, 0) is 12.8 Å². The van der Waals surface area contributed by atoms with Gasteiger partial charge in [-0.15, -0.1) is 0 Å². The van der Waals surface area contributed by atoms with Crippen LogP contribution in [0.3, 0.4) is 0 Å². The molecule has 2 heterocycles. The molecular formula is C20H33N5. The van der Waals surface area contributed by atoms with Gasteiger partial charge in [0.1, 0.15) is 5.82 Å². The van der Waals surface area contributed by atoms with Crippen LogP contribution in [0.1, 0.15) is 75.5 Å². The fraction of sp³-hybridized carbons (Fsp3) is 0.800. The van der Waals surface area contributed by atoms with E-state index >= 15 is 0 Å². The van der Waals surface area contributed by atoms with Crippen molar-refractivity contribution >= 4 is 11.8 Å². The van der Waals surface area contributed by atoms with E-state index in [-0.39, 0.29) is 6.04 Å². The van der Waals surface area contributed by atoms with Crippen LogP contribution in [0.2, 0.25) is 0 Å². The first-order valence-corrected chi connectivity index (χ1v) is 10.5. The van der Waals surface area contributed by atoms with Crippen molar-refractivity contribution in [3.63, 3.8) is 0 Å². The van der Waals surface area contributed by atoms with E-state index in [1.54, 1.807) is 0 Å². The minimum atomic E-state index is 0.231. The van der Waals surface area contributed by atoms with E-state index in [1.165, 1.54) is 68.4 Å². The van der Waals surface area contributed by atoms with E-state index in [9.17, 15) is 0 Å². The van der Waals surface area contributed by atoms with Gasteiger partial charge in [0.2, 0.25) is 5.95 Å². The normalized spacial score (nSPS) is 27.5. The van der Waals surface area contributed by atoms with Crippen LogP contribution in [0.5, 0.6) is 0 Å². The average molecular weight is 344 g/mol. The molecule has 3 N–H and O–H groups in total. The monoisotopic (exact) mass is 343 g/mol. The second-order valence-electron chi connectivity index (χ2n) is 8.10. The third kappa shape index (κ3) is 3.91. The van der Waals surface area contributed by atoms with Crippen molar-refractivity contribution < 1.29 is 0 Å². The van der Waals surface area contributed by atoms with Gasteiger partial charge in [-0.2, -0.15) is 4.98 Å². The van der Waals surface area contributed by atoms with E-state index < -0.39 is 0 Å². The van der Waals surface area contributed by atoms with Crippen LogP contribution < -0.4 is 16.0 Å². The number of nitrogens with zero attached hydrogens (tertiary/aromatic N) is 3. The summed E-state index contributed by atoms with van der Waals surface area (Å²) >= 11 is 0. The van der Waals surface area contributed by atoms with Gasteiger partial charge in [0, 0.05) is 30.7 Å². The van der Waals surface area contributed by atoms with Crippen molar-refractivity contribution in [3.8, 4) is 0 Å². The SMILES string of the molecule is NC1CCCCC1Nc1nc2c(c(N3CCCCCC3)n1)CCCC2. The van der Waals surface area contributed by atoms with Gasteiger partial charge in [-0.1, -0.05) is 25.7 Å². The van der Waals surface area contributed by atoms with Crippen LogP contribution in [0.15, 0.2) is 0 Å². The van der Waals surface area contributed by atoms with Gasteiger partial charge < -0.3 is 16.0 Å². The highest BCUT2D eigenvalue weighted by Gasteiger charge is 2.26. The van der Waals surface area contributed by atoms with Crippen molar-refractivity contribution in [1.29, 1.82) is 0 Å². The first-order chi connectivity index (χ1) is 12.3. The van der Waals surface area contributed by atoms with Gasteiger partial charge in [-0.3, -0.25) is 0 Å². The molecule has 1 saturated carbocycles. The molecule has 0 radical (unpaired) electrons. The number of nitrogens with two attached hydrogens (primary N) is 1. The van der Waals surface area contributed by atoms with E-state index in [0.29, 0.717) is 6.04 Å². The summed E-state index contributed by atoms with van der Waals surface area (Å²) in [6.45, 7) is 2.29. The molecule has 5 heteroatoms. The van der Waals surface area contributed by atoms with E-state index in [2.05, 4.69) is 10.2 Å². The van der Waals surface area contributed by atoms with Crippen molar-refractivity contribution in [2.75, 3.05) is 23.3 Å². The van der Waals surface area contributed by atoms with Crippen molar-refractivity contribution in [3.05, 3.63) is 11.3 Å². The third-order valence-corrected chi connectivity index (χ3v) is 6.20. The Hall–Kier alpha value is -1.36. The van der Waals surface area contributed by atoms with Crippen LogP contribution in [-0.4, -0.2) is 35.1 Å². The molecular weight excluding hydrogens is 310 g/mol. The predicted octanol–water partition coefficient (Wildman–Crippen LogP) is 3.42. The number of hydrogen-bond donors (Lipinski definition) is 2. The molecule has 138 valence electrons. The number of nitrogens with one attached hydrogen (secondary N) is 1. The van der Waals surface area contributed by atoms with Gasteiger partial charge >= 0.3 is 0 Å². The number of rotatable bonds is 3. The number of aromatic nitrogens is 2. The lowest BCUT2D eigenvalue weighted by Crippen LogP contribution is -2.43. The topological polar surface area (TPSA) is 67.1 Å². The lowest BCUT2D eigenvalue weighted by Gasteiger charge is -2.31. The Balaban J connectivity index is 1.62. The molecule has 1 saturated heterocycles. The maximum absolute atomic E-state index is 6.34. The Kier molecular flexibility index (Phi) is 5.39. The second-order valence-corrected chi connectivity index (χ2v) is 8.10. The molecule has 2 unspecified atom stereocenters. The summed E-state index contributed by atoms with van der Waals surface area (Å²) in [6.07, 6.45) is 14.8. The largest absolute Gasteiger partial charge is 0.356 e. The smallest absolute Gasteiger partial charge is 0.225 e. The lowest BCUT2D eigenvalue weighted by molar-refractivity contribution is 0.402. The maximum atomic E-state index is 6.34. The first-order valence-electron chi connectivity index (χ1n) is 10.5. The molecule has 2 aliphatic carbocycles. The number of anilines is 2. The van der Waals surface area contributed by atoms with Gasteiger partial charge in [0.15, 0.2) is 0 Å². The summed E-state index contributed by atoms with van der Waals surface area (Å²) in [7, 11) is 0. The molecule has 0 aromatic carbocycles. The van der Waals surface area contributed by atoms with Gasteiger partial charge in [-0.05, 0) is 51.4 Å². The zero-order chi connectivity index (χ0) is 17.1. The predicted molar refractivity (Wildman–Crippen MR) is 103 cm³/mol. The maximum Gasteiger partial charge on any atom is 0.225 e. The van der Waals surface area contributed by atoms with Gasteiger partial charge in [0.05, 0.1) is 5.69 Å². The molecule has 5 nitrogen and oxygen atoms in total. The van der Waals surface area contributed by atoms with Gasteiger partial charge in [0.25, 0.3) is 0 Å². The van der Waals surface area contributed by atoms with Gasteiger partial charge in [-0.25, -0.2) is 4.98 Å². The van der Waals surface area contributed by atoms with Crippen molar-refractivity contribution in [2.45, 2.75) is 89.1 Å². The zero-order valence-electron chi connectivity index (χ0n) is 15.5. The highest BCUT2D eigenvalue weighted by atomic mass is 15.2. The summed E-state index contributed by atoms with van der Waals surface area (Å²) in [5, 5.41) is 3.60.